The van der Waals surface area contributed by atoms with Gasteiger partial charge < -0.3 is 35.2 Å². The number of nitrogens with two attached hydrogens (primary N) is 1. The fourth-order valence-electron chi connectivity index (χ4n) is 5.75. The third kappa shape index (κ3) is 5.44. The number of carboxylic acid groups (broad SMARTS) is 1. The first-order valence-corrected chi connectivity index (χ1v) is 13.6. The molecule has 5 N–H and O–H groups in total. The SMILES string of the molecule is COc1cccc(CCOC2=CC3C(=c4oc(C)c(C(=O)O)c4=C(C(NCCN)c4ccncc4)C3O)C=C2)c1C. The molecule has 2 heterocycles. The van der Waals surface area contributed by atoms with Gasteiger partial charge in [-0.3, -0.25) is 4.98 Å². The van der Waals surface area contributed by atoms with Gasteiger partial charge in [0.1, 0.15) is 28.2 Å². The lowest BCUT2D eigenvalue weighted by atomic mass is 9.77. The molecule has 0 saturated heterocycles. The van der Waals surface area contributed by atoms with Gasteiger partial charge >= 0.3 is 5.97 Å². The van der Waals surface area contributed by atoms with E-state index in [9.17, 15) is 15.0 Å². The fourth-order valence-corrected chi connectivity index (χ4v) is 5.75. The number of nitrogens with one attached hydrogen (secondary N) is 1. The minimum atomic E-state index is -1.12. The number of carbonyl (C=O) groups is 1. The molecule has 3 aromatic rings. The number of aliphatic hydroxyl groups excluding tert-OH is 1. The highest BCUT2D eigenvalue weighted by molar-refractivity contribution is 5.91. The summed E-state index contributed by atoms with van der Waals surface area (Å²) >= 11 is 0. The topological polar surface area (TPSA) is 140 Å². The van der Waals surface area contributed by atoms with Crippen LogP contribution in [-0.2, 0) is 11.2 Å². The van der Waals surface area contributed by atoms with Crippen LogP contribution in [0.25, 0.3) is 11.1 Å². The molecule has 0 radical (unpaired) electrons. The normalized spacial score (nSPS) is 18.4. The molecule has 0 spiro atoms. The van der Waals surface area contributed by atoms with Gasteiger partial charge in [0, 0.05) is 48.6 Å². The minimum Gasteiger partial charge on any atom is -0.496 e. The zero-order valence-electron chi connectivity index (χ0n) is 23.4. The summed E-state index contributed by atoms with van der Waals surface area (Å²) in [5.41, 5.74) is 10.6. The van der Waals surface area contributed by atoms with Gasteiger partial charge in [-0.2, -0.15) is 0 Å². The van der Waals surface area contributed by atoms with Crippen LogP contribution in [0, 0.1) is 19.8 Å². The van der Waals surface area contributed by atoms with E-state index in [1.54, 1.807) is 26.4 Å². The third-order valence-corrected chi connectivity index (χ3v) is 7.74. The number of carboxylic acids is 1. The highest BCUT2D eigenvalue weighted by Gasteiger charge is 2.38. The number of hydrogen-bond donors (Lipinski definition) is 4. The van der Waals surface area contributed by atoms with E-state index in [0.717, 1.165) is 22.4 Å². The van der Waals surface area contributed by atoms with Gasteiger partial charge in [0.2, 0.25) is 0 Å². The quantitative estimate of drug-likeness (QED) is 0.280. The van der Waals surface area contributed by atoms with E-state index in [1.807, 2.05) is 49.4 Å². The van der Waals surface area contributed by atoms with Crippen molar-refractivity contribution in [3.05, 3.63) is 105 Å². The van der Waals surface area contributed by atoms with E-state index < -0.39 is 24.0 Å². The number of benzene rings is 1. The molecule has 3 atom stereocenters. The highest BCUT2D eigenvalue weighted by Crippen LogP contribution is 2.37. The Bertz CT molecular complexity index is 1620. The second-order valence-electron chi connectivity index (χ2n) is 10.1. The average Bonchev–Trinajstić information content (AvgIpc) is 3.33. The van der Waals surface area contributed by atoms with Gasteiger partial charge in [-0.1, -0.05) is 18.2 Å². The van der Waals surface area contributed by atoms with Crippen molar-refractivity contribution >= 4 is 17.1 Å². The summed E-state index contributed by atoms with van der Waals surface area (Å²) in [5.74, 6) is 0.117. The molecular weight excluding hydrogens is 522 g/mol. The molecule has 1 aromatic carbocycles. The lowest BCUT2D eigenvalue weighted by molar-refractivity contribution is 0.0693. The summed E-state index contributed by atoms with van der Waals surface area (Å²) in [6.45, 7) is 4.91. The second-order valence-corrected chi connectivity index (χ2v) is 10.1. The summed E-state index contributed by atoms with van der Waals surface area (Å²) in [4.78, 5) is 16.5. The summed E-state index contributed by atoms with van der Waals surface area (Å²) in [7, 11) is 1.66. The summed E-state index contributed by atoms with van der Waals surface area (Å²) < 4.78 is 17.7. The standard InChI is InChI=1S/C32H35N3O6/c1-18-20(5-4-6-25(18)39-3)11-16-40-22-7-8-23-24(17-22)30(36)28(27-26(32(37)38)19(2)41-31(23)27)29(35-15-12-33)21-9-13-34-14-10-21/h4-10,13-14,17,24,29-30,35-36H,11-12,15-16,33H2,1-3H3,(H,37,38). The van der Waals surface area contributed by atoms with Gasteiger partial charge in [0.05, 0.1) is 25.9 Å². The number of nitrogens with zero attached hydrogens (tertiary/aromatic N) is 1. The van der Waals surface area contributed by atoms with Crippen LogP contribution in [0.2, 0.25) is 0 Å². The van der Waals surface area contributed by atoms with Crippen LogP contribution in [0.4, 0.5) is 0 Å². The molecule has 41 heavy (non-hydrogen) atoms. The zero-order chi connectivity index (χ0) is 29.1. The first-order chi connectivity index (χ1) is 19.8. The number of aromatic nitrogens is 1. The molecule has 214 valence electrons. The van der Waals surface area contributed by atoms with E-state index in [2.05, 4.69) is 16.4 Å². The number of rotatable bonds is 11. The Hall–Kier alpha value is -4.18. The Labute approximate surface area is 238 Å². The maximum absolute atomic E-state index is 12.4. The van der Waals surface area contributed by atoms with E-state index >= 15 is 0 Å². The van der Waals surface area contributed by atoms with Crippen LogP contribution in [0.15, 0.2) is 71.1 Å². The molecule has 2 aliphatic carbocycles. The van der Waals surface area contributed by atoms with Crippen molar-refractivity contribution in [2.24, 2.45) is 11.7 Å². The van der Waals surface area contributed by atoms with E-state index in [4.69, 9.17) is 19.6 Å². The first kappa shape index (κ1) is 28.4. The fraction of sp³-hybridized carbons (Fsp3) is 0.312. The van der Waals surface area contributed by atoms with Crippen LogP contribution in [0.5, 0.6) is 5.75 Å². The predicted molar refractivity (Wildman–Crippen MR) is 155 cm³/mol. The maximum atomic E-state index is 12.4. The van der Waals surface area contributed by atoms with Crippen molar-refractivity contribution in [3.63, 3.8) is 0 Å². The molecule has 2 aromatic heterocycles. The molecule has 9 heteroatoms. The number of aryl methyl sites for hydroxylation is 1. The lowest BCUT2D eigenvalue weighted by Crippen LogP contribution is -2.46. The monoisotopic (exact) mass is 557 g/mol. The number of fused-ring (bicyclic) bond motifs is 2. The third-order valence-electron chi connectivity index (χ3n) is 7.74. The Morgan fingerprint density at radius 1 is 1.20 bits per heavy atom. The summed E-state index contributed by atoms with van der Waals surface area (Å²) in [5, 5.41) is 25.9. The lowest BCUT2D eigenvalue weighted by Gasteiger charge is -2.33. The number of ether oxygens (including phenoxy) is 2. The van der Waals surface area contributed by atoms with Crippen LogP contribution >= 0.6 is 0 Å². The van der Waals surface area contributed by atoms with Crippen LogP contribution in [0.3, 0.4) is 0 Å². The van der Waals surface area contributed by atoms with Crippen LogP contribution in [-0.4, -0.2) is 54.1 Å². The van der Waals surface area contributed by atoms with E-state index in [-0.39, 0.29) is 11.3 Å². The highest BCUT2D eigenvalue weighted by atomic mass is 16.5. The first-order valence-electron chi connectivity index (χ1n) is 13.6. The number of furan rings is 1. The molecule has 9 nitrogen and oxygen atoms in total. The second kappa shape index (κ2) is 12.1. The Morgan fingerprint density at radius 2 is 1.98 bits per heavy atom. The van der Waals surface area contributed by atoms with Gasteiger partial charge in [-0.25, -0.2) is 4.79 Å². The average molecular weight is 558 g/mol. The van der Waals surface area contributed by atoms with Crippen molar-refractivity contribution < 1.29 is 28.9 Å². The Kier molecular flexibility index (Phi) is 8.39. The largest absolute Gasteiger partial charge is 0.496 e. The Balaban J connectivity index is 1.55. The van der Waals surface area contributed by atoms with Crippen LogP contribution in [0.1, 0.15) is 38.9 Å². The molecule has 0 fully saturated rings. The maximum Gasteiger partial charge on any atom is 0.339 e. The van der Waals surface area contributed by atoms with Crippen molar-refractivity contribution in [1.82, 2.24) is 10.3 Å². The zero-order valence-corrected chi connectivity index (χ0v) is 23.4. The van der Waals surface area contributed by atoms with Gasteiger partial charge in [0.15, 0.2) is 0 Å². The van der Waals surface area contributed by atoms with Crippen LogP contribution < -0.4 is 26.4 Å². The van der Waals surface area contributed by atoms with Crippen molar-refractivity contribution in [1.29, 1.82) is 0 Å². The van der Waals surface area contributed by atoms with E-state index in [0.29, 0.717) is 53.7 Å². The van der Waals surface area contributed by atoms with E-state index in [1.165, 1.54) is 0 Å². The number of hydrogen-bond acceptors (Lipinski definition) is 8. The number of methoxy groups -OCH3 is 1. The molecule has 0 bridgehead atoms. The Morgan fingerprint density at radius 3 is 2.68 bits per heavy atom. The molecule has 2 aliphatic rings. The predicted octanol–water partition coefficient (Wildman–Crippen LogP) is 2.29. The number of aromatic carboxylic acids is 1. The van der Waals surface area contributed by atoms with Crippen molar-refractivity contribution in [2.75, 3.05) is 26.8 Å². The molecular formula is C32H35N3O6. The number of pyridine rings is 1. The van der Waals surface area contributed by atoms with Gasteiger partial charge in [0.25, 0.3) is 0 Å². The van der Waals surface area contributed by atoms with Gasteiger partial charge in [-0.05, 0) is 66.5 Å². The summed E-state index contributed by atoms with van der Waals surface area (Å²) in [6.07, 6.45) is 8.52. The molecule has 0 aliphatic heterocycles. The van der Waals surface area contributed by atoms with Gasteiger partial charge in [-0.15, -0.1) is 0 Å². The molecule has 5 rings (SSSR count). The molecule has 0 amide bonds. The number of allylic oxidation sites excluding steroid dienone is 2. The molecule has 3 unspecified atom stereocenters. The van der Waals surface area contributed by atoms with Crippen molar-refractivity contribution in [3.8, 4) is 5.75 Å². The number of aliphatic hydroxyl groups is 1. The minimum absolute atomic E-state index is 0.0432. The summed E-state index contributed by atoms with van der Waals surface area (Å²) in [6, 6.07) is 9.11. The molecule has 0 saturated carbocycles. The smallest absolute Gasteiger partial charge is 0.339 e. The van der Waals surface area contributed by atoms with Crippen molar-refractivity contribution in [2.45, 2.75) is 32.4 Å².